The molecule has 1 aliphatic carbocycles. The summed E-state index contributed by atoms with van der Waals surface area (Å²) in [5.74, 6) is 0.502. The normalized spacial score (nSPS) is 13.8. The van der Waals surface area contributed by atoms with Gasteiger partial charge >= 0.3 is 0 Å². The third-order valence-electron chi connectivity index (χ3n) is 11.2. The van der Waals surface area contributed by atoms with Gasteiger partial charge in [0, 0.05) is 23.5 Å². The molecule has 270 valence electrons. The highest BCUT2D eigenvalue weighted by Gasteiger charge is 2.19. The summed E-state index contributed by atoms with van der Waals surface area (Å²) in [4.78, 5) is 9.42. The monoisotopic (exact) mass is 728 g/mol. The van der Waals surface area contributed by atoms with Crippen LogP contribution in [0.4, 0.5) is 0 Å². The first-order chi connectivity index (χ1) is 28.2. The lowest BCUT2D eigenvalue weighted by Gasteiger charge is -2.20. The van der Waals surface area contributed by atoms with E-state index < -0.39 is 0 Å². The predicted octanol–water partition coefficient (Wildman–Crippen LogP) is 14.8. The number of fused-ring (bicyclic) bond motifs is 2. The molecule has 0 amide bonds. The van der Waals surface area contributed by atoms with Gasteiger partial charge in [0.05, 0.1) is 11.4 Å². The molecule has 2 aromatic heterocycles. The first kappa shape index (κ1) is 34.3. The first-order valence-corrected chi connectivity index (χ1v) is 19.8. The van der Waals surface area contributed by atoms with Gasteiger partial charge in [-0.2, -0.15) is 0 Å². The van der Waals surface area contributed by atoms with Crippen molar-refractivity contribution in [3.05, 3.63) is 212 Å². The summed E-state index contributed by atoms with van der Waals surface area (Å²) in [6.45, 7) is 2.30. The van der Waals surface area contributed by atoms with Gasteiger partial charge in [-0.05, 0) is 150 Å². The third-order valence-corrected chi connectivity index (χ3v) is 11.2. The zero-order valence-electron chi connectivity index (χ0n) is 31.8. The molecule has 2 heteroatoms. The van der Waals surface area contributed by atoms with Gasteiger partial charge in [-0.25, -0.2) is 0 Å². The molecule has 0 radical (unpaired) electrons. The highest BCUT2D eigenvalue weighted by atomic mass is 14.7. The van der Waals surface area contributed by atoms with E-state index in [-0.39, 0.29) is 0 Å². The molecule has 0 aliphatic heterocycles. The number of aromatic nitrogens is 2. The molecule has 1 aliphatic rings. The fourth-order valence-corrected chi connectivity index (χ4v) is 8.51. The van der Waals surface area contributed by atoms with Crippen molar-refractivity contribution in [2.45, 2.75) is 13.3 Å². The molecule has 9 aromatic rings. The molecule has 7 aromatic carbocycles. The SMILES string of the molecule is CC1C=C(c2cc(-c3ccccc3)cc(-c3ccc4c(-c5cccc(-c6ccccn6)c5)c5ccccc5c(-c5cccc(-c6ccccn6)c5)c4c3)c2)C=CC1. The van der Waals surface area contributed by atoms with E-state index in [4.69, 9.17) is 9.97 Å². The maximum atomic E-state index is 4.72. The molecule has 1 unspecified atom stereocenters. The summed E-state index contributed by atoms with van der Waals surface area (Å²) in [6.07, 6.45) is 11.8. The molecule has 2 nitrogen and oxygen atoms in total. The van der Waals surface area contributed by atoms with Gasteiger partial charge in [0.25, 0.3) is 0 Å². The molecular weight excluding hydrogens is 689 g/mol. The Balaban J connectivity index is 1.26. The fraction of sp³-hybridized carbons (Fsp3) is 0.0545. The van der Waals surface area contributed by atoms with E-state index in [1.165, 1.54) is 71.6 Å². The molecule has 1 atom stereocenters. The average molecular weight is 729 g/mol. The zero-order valence-corrected chi connectivity index (χ0v) is 31.8. The number of pyridine rings is 2. The molecule has 0 saturated heterocycles. The van der Waals surface area contributed by atoms with Crippen molar-refractivity contribution in [2.24, 2.45) is 5.92 Å². The number of allylic oxidation sites excluding steroid dienone is 4. The largest absolute Gasteiger partial charge is 0.256 e. The lowest BCUT2D eigenvalue weighted by atomic mass is 9.83. The van der Waals surface area contributed by atoms with Gasteiger partial charge in [0.1, 0.15) is 0 Å². The van der Waals surface area contributed by atoms with Crippen LogP contribution in [0.1, 0.15) is 18.9 Å². The van der Waals surface area contributed by atoms with Crippen LogP contribution in [0.3, 0.4) is 0 Å². The van der Waals surface area contributed by atoms with E-state index in [0.29, 0.717) is 5.92 Å². The van der Waals surface area contributed by atoms with E-state index in [2.05, 4.69) is 189 Å². The Morgan fingerprint density at radius 1 is 0.386 bits per heavy atom. The van der Waals surface area contributed by atoms with Crippen molar-refractivity contribution in [2.75, 3.05) is 0 Å². The second-order valence-corrected chi connectivity index (χ2v) is 15.0. The maximum Gasteiger partial charge on any atom is 0.0702 e. The molecule has 0 saturated carbocycles. The number of benzene rings is 7. The van der Waals surface area contributed by atoms with E-state index in [0.717, 1.165) is 34.5 Å². The highest BCUT2D eigenvalue weighted by molar-refractivity contribution is 6.22. The van der Waals surface area contributed by atoms with E-state index >= 15 is 0 Å². The van der Waals surface area contributed by atoms with Gasteiger partial charge in [0.15, 0.2) is 0 Å². The molecule has 10 rings (SSSR count). The molecule has 0 fully saturated rings. The van der Waals surface area contributed by atoms with Gasteiger partial charge in [-0.15, -0.1) is 0 Å². The highest BCUT2D eigenvalue weighted by Crippen LogP contribution is 2.46. The van der Waals surface area contributed by atoms with Crippen LogP contribution in [-0.2, 0) is 0 Å². The summed E-state index contributed by atoms with van der Waals surface area (Å²) in [5.41, 5.74) is 16.2. The minimum absolute atomic E-state index is 0.502. The number of nitrogens with zero attached hydrogens (tertiary/aromatic N) is 2. The molecule has 0 N–H and O–H groups in total. The predicted molar refractivity (Wildman–Crippen MR) is 241 cm³/mol. The standard InChI is InChI=1S/C55H40N2/c1-37-14-11-17-39(30-37)46-33-45(38-15-3-2-4-16-38)34-47(35-46)40-26-27-50-51(36-40)55(44-21-13-19-42(32-44)53-25-8-10-29-57-53)49-23-6-5-22-48(49)54(50)43-20-12-18-41(31-43)52-24-7-9-28-56-52/h2-13,15-37H,14H2,1H3. The van der Waals surface area contributed by atoms with Crippen LogP contribution in [0.15, 0.2) is 207 Å². The number of hydrogen-bond donors (Lipinski definition) is 0. The Bertz CT molecular complexity index is 2980. The smallest absolute Gasteiger partial charge is 0.0702 e. The molecular formula is C55H40N2. The van der Waals surface area contributed by atoms with Crippen molar-refractivity contribution in [1.29, 1.82) is 0 Å². The van der Waals surface area contributed by atoms with Crippen molar-refractivity contribution in [3.63, 3.8) is 0 Å². The molecule has 2 heterocycles. The van der Waals surface area contributed by atoms with Crippen LogP contribution in [0, 0.1) is 5.92 Å². The Morgan fingerprint density at radius 2 is 0.895 bits per heavy atom. The lowest BCUT2D eigenvalue weighted by molar-refractivity contribution is 0.740. The summed E-state index contributed by atoms with van der Waals surface area (Å²) >= 11 is 0. The van der Waals surface area contributed by atoms with Crippen LogP contribution in [0.5, 0.6) is 0 Å². The zero-order chi connectivity index (χ0) is 38.1. The van der Waals surface area contributed by atoms with E-state index in [9.17, 15) is 0 Å². The van der Waals surface area contributed by atoms with Crippen LogP contribution in [-0.4, -0.2) is 9.97 Å². The van der Waals surface area contributed by atoms with Gasteiger partial charge in [0.2, 0.25) is 0 Å². The Morgan fingerprint density at radius 3 is 1.51 bits per heavy atom. The van der Waals surface area contributed by atoms with Crippen molar-refractivity contribution < 1.29 is 0 Å². The quantitative estimate of drug-likeness (QED) is 0.153. The average Bonchev–Trinajstić information content (AvgIpc) is 3.29. The molecule has 0 bridgehead atoms. The fourth-order valence-electron chi connectivity index (χ4n) is 8.51. The minimum atomic E-state index is 0.502. The second-order valence-electron chi connectivity index (χ2n) is 15.0. The van der Waals surface area contributed by atoms with Gasteiger partial charge < -0.3 is 0 Å². The second kappa shape index (κ2) is 14.8. The van der Waals surface area contributed by atoms with Crippen LogP contribution in [0.25, 0.3) is 94.1 Å². The van der Waals surface area contributed by atoms with Crippen molar-refractivity contribution >= 4 is 27.1 Å². The summed E-state index contributed by atoms with van der Waals surface area (Å²) in [7, 11) is 0. The van der Waals surface area contributed by atoms with Crippen LogP contribution in [0.2, 0.25) is 0 Å². The summed E-state index contributed by atoms with van der Waals surface area (Å²) < 4.78 is 0. The first-order valence-electron chi connectivity index (χ1n) is 19.8. The summed E-state index contributed by atoms with van der Waals surface area (Å²) in [6, 6.07) is 63.7. The summed E-state index contributed by atoms with van der Waals surface area (Å²) in [5, 5.41) is 4.84. The number of hydrogen-bond acceptors (Lipinski definition) is 2. The number of rotatable bonds is 7. The van der Waals surface area contributed by atoms with Crippen LogP contribution < -0.4 is 0 Å². The van der Waals surface area contributed by atoms with Gasteiger partial charge in [-0.3, -0.25) is 9.97 Å². The topological polar surface area (TPSA) is 25.8 Å². The lowest BCUT2D eigenvalue weighted by Crippen LogP contribution is -1.96. The van der Waals surface area contributed by atoms with E-state index in [1.807, 2.05) is 24.5 Å². The van der Waals surface area contributed by atoms with Gasteiger partial charge in [-0.1, -0.05) is 140 Å². The molecule has 57 heavy (non-hydrogen) atoms. The maximum absolute atomic E-state index is 4.72. The van der Waals surface area contributed by atoms with Crippen LogP contribution >= 0.6 is 0 Å². The Hall–Kier alpha value is -7.16. The third kappa shape index (κ3) is 6.66. The van der Waals surface area contributed by atoms with E-state index in [1.54, 1.807) is 0 Å². The Kier molecular flexibility index (Phi) is 8.93. The Labute approximate surface area is 334 Å². The minimum Gasteiger partial charge on any atom is -0.256 e. The molecule has 0 spiro atoms. The van der Waals surface area contributed by atoms with Crippen molar-refractivity contribution in [3.8, 4) is 67.0 Å². The van der Waals surface area contributed by atoms with Crippen molar-refractivity contribution in [1.82, 2.24) is 9.97 Å².